The van der Waals surface area contributed by atoms with E-state index in [0.29, 0.717) is 6.08 Å². The average molecular weight is 607 g/mol. The van der Waals surface area contributed by atoms with Crippen LogP contribution in [0.15, 0.2) is 11.0 Å². The molecule has 0 aromatic heterocycles. The topological polar surface area (TPSA) is 184 Å². The molecule has 0 aromatic carbocycles. The van der Waals surface area contributed by atoms with Gasteiger partial charge in [-0.05, 0) is 41.5 Å². The van der Waals surface area contributed by atoms with Gasteiger partial charge in [-0.15, -0.1) is 0 Å². The van der Waals surface area contributed by atoms with E-state index in [1.165, 1.54) is 20.8 Å². The maximum absolute atomic E-state index is 14.0. The van der Waals surface area contributed by atoms with Crippen molar-refractivity contribution in [2.75, 3.05) is 6.61 Å². The molecular weight excluding hydrogens is 568 g/mol. The van der Waals surface area contributed by atoms with E-state index in [2.05, 4.69) is 0 Å². The SMILES string of the molecule is CC(=O)OC[C@H]1O[C@H]([S@](=O)/C(=C/C(=O)OC(C)(C)C)C(=O)OC(C)(C)C)[C@H](OC(C)=O)[C@@H](OC(C)=O)[C@@H]1OC(C)=O. The van der Waals surface area contributed by atoms with Gasteiger partial charge in [0, 0.05) is 33.8 Å². The van der Waals surface area contributed by atoms with Crippen LogP contribution in [0, 0.1) is 0 Å². The molecule has 232 valence electrons. The molecule has 0 unspecified atom stereocenters. The molecule has 0 aliphatic carbocycles. The van der Waals surface area contributed by atoms with Crippen LogP contribution in [0.1, 0.15) is 69.2 Å². The van der Waals surface area contributed by atoms with Crippen LogP contribution >= 0.6 is 0 Å². The maximum Gasteiger partial charge on any atom is 0.348 e. The van der Waals surface area contributed by atoms with E-state index >= 15 is 0 Å². The number of hydrogen-bond acceptors (Lipinski definition) is 14. The molecule has 0 radical (unpaired) electrons. The molecule has 0 aromatic rings. The Morgan fingerprint density at radius 1 is 0.707 bits per heavy atom. The second kappa shape index (κ2) is 14.5. The first-order chi connectivity index (χ1) is 18.6. The molecule has 6 atom stereocenters. The first kappa shape index (κ1) is 35.7. The number of hydrogen-bond donors (Lipinski definition) is 0. The summed E-state index contributed by atoms with van der Waals surface area (Å²) in [5, 5.41) is 0. The van der Waals surface area contributed by atoms with Gasteiger partial charge >= 0.3 is 35.8 Å². The third-order valence-electron chi connectivity index (χ3n) is 4.63. The van der Waals surface area contributed by atoms with Crippen LogP contribution in [0.4, 0.5) is 0 Å². The largest absolute Gasteiger partial charge is 0.463 e. The Kier molecular flexibility index (Phi) is 12.6. The summed E-state index contributed by atoms with van der Waals surface area (Å²) in [5.74, 6) is -5.68. The summed E-state index contributed by atoms with van der Waals surface area (Å²) in [7, 11) is -2.69. The lowest BCUT2D eigenvalue weighted by molar-refractivity contribution is -0.238. The summed E-state index contributed by atoms with van der Waals surface area (Å²) in [4.78, 5) is 72.7. The lowest BCUT2D eigenvalue weighted by Gasteiger charge is -2.44. The fourth-order valence-electron chi connectivity index (χ4n) is 3.45. The van der Waals surface area contributed by atoms with Crippen molar-refractivity contribution in [3.8, 4) is 0 Å². The second-order valence-electron chi connectivity index (χ2n) is 10.9. The van der Waals surface area contributed by atoms with Crippen molar-refractivity contribution in [1.29, 1.82) is 0 Å². The second-order valence-corrected chi connectivity index (χ2v) is 12.4. The summed E-state index contributed by atoms with van der Waals surface area (Å²) in [6, 6.07) is 0. The van der Waals surface area contributed by atoms with E-state index in [9.17, 15) is 33.0 Å². The third-order valence-corrected chi connectivity index (χ3v) is 6.15. The van der Waals surface area contributed by atoms with Gasteiger partial charge in [0.15, 0.2) is 23.7 Å². The summed E-state index contributed by atoms with van der Waals surface area (Å²) in [6.07, 6.45) is -5.64. The first-order valence-electron chi connectivity index (χ1n) is 12.5. The summed E-state index contributed by atoms with van der Waals surface area (Å²) in [5.41, 5.74) is -3.89. The van der Waals surface area contributed by atoms with Crippen LogP contribution in [-0.4, -0.2) is 87.7 Å². The van der Waals surface area contributed by atoms with Gasteiger partial charge in [0.05, 0.1) is 10.8 Å². The van der Waals surface area contributed by atoms with Gasteiger partial charge in [-0.2, -0.15) is 0 Å². The Hall–Kier alpha value is -3.33. The molecule has 41 heavy (non-hydrogen) atoms. The minimum atomic E-state index is -2.69. The van der Waals surface area contributed by atoms with Crippen LogP contribution in [-0.2, 0) is 72.7 Å². The number of esters is 6. The highest BCUT2D eigenvalue weighted by Gasteiger charge is 2.55. The standard InChI is InChI=1S/C26H38O14S/c1-13(27)34-12-17-20(35-14(2)28)21(36-15(3)29)22(37-16(4)30)24(38-17)41(33)18(23(32)40-26(8,9)10)11-19(31)39-25(5,6)7/h11,17,20-22,24H,12H2,1-10H3/b18-11+/t17-,20-,21+,22-,24-,41-/m1/s1. The zero-order valence-electron chi connectivity index (χ0n) is 24.8. The Bertz CT molecular complexity index is 1080. The first-order valence-corrected chi connectivity index (χ1v) is 13.7. The van der Waals surface area contributed by atoms with Crippen LogP contribution < -0.4 is 0 Å². The van der Waals surface area contributed by atoms with E-state index in [1.807, 2.05) is 0 Å². The number of carbonyl (C=O) groups excluding carboxylic acids is 6. The van der Waals surface area contributed by atoms with Crippen molar-refractivity contribution in [3.63, 3.8) is 0 Å². The molecule has 1 fully saturated rings. The number of carbonyl (C=O) groups is 6. The molecule has 0 N–H and O–H groups in total. The lowest BCUT2D eigenvalue weighted by atomic mass is 9.99. The highest BCUT2D eigenvalue weighted by Crippen LogP contribution is 2.33. The molecule has 1 heterocycles. The predicted octanol–water partition coefficient (Wildman–Crippen LogP) is 1.39. The van der Waals surface area contributed by atoms with Crippen molar-refractivity contribution >= 4 is 46.6 Å². The fourth-order valence-corrected chi connectivity index (χ4v) is 4.82. The van der Waals surface area contributed by atoms with E-state index < -0.39 is 99.2 Å². The summed E-state index contributed by atoms with van der Waals surface area (Å²) >= 11 is 0. The number of rotatable bonds is 9. The molecule has 1 saturated heterocycles. The van der Waals surface area contributed by atoms with Gasteiger partial charge in [-0.3, -0.25) is 23.4 Å². The van der Waals surface area contributed by atoms with E-state index in [0.717, 1.165) is 27.7 Å². The van der Waals surface area contributed by atoms with Gasteiger partial charge in [0.2, 0.25) is 0 Å². The van der Waals surface area contributed by atoms with E-state index in [4.69, 9.17) is 33.2 Å². The molecule has 14 nitrogen and oxygen atoms in total. The van der Waals surface area contributed by atoms with Crippen LogP contribution in [0.2, 0.25) is 0 Å². The summed E-state index contributed by atoms with van der Waals surface area (Å²) < 4.78 is 51.4. The molecular formula is C26H38O14S. The number of ether oxygens (including phenoxy) is 7. The van der Waals surface area contributed by atoms with Crippen molar-refractivity contribution in [3.05, 3.63) is 11.0 Å². The smallest absolute Gasteiger partial charge is 0.348 e. The normalized spacial score (nSPS) is 23.9. The highest BCUT2D eigenvalue weighted by molar-refractivity contribution is 7.90. The zero-order valence-corrected chi connectivity index (χ0v) is 25.6. The summed E-state index contributed by atoms with van der Waals surface area (Å²) in [6.45, 7) is 12.9. The van der Waals surface area contributed by atoms with Gasteiger partial charge in [0.25, 0.3) is 0 Å². The Morgan fingerprint density at radius 2 is 1.17 bits per heavy atom. The van der Waals surface area contributed by atoms with Crippen LogP contribution in [0.25, 0.3) is 0 Å². The zero-order chi connectivity index (χ0) is 31.9. The molecule has 0 amide bonds. The van der Waals surface area contributed by atoms with Crippen LogP contribution in [0.5, 0.6) is 0 Å². The van der Waals surface area contributed by atoms with Gasteiger partial charge in [-0.25, -0.2) is 9.59 Å². The Morgan fingerprint density at radius 3 is 1.61 bits per heavy atom. The van der Waals surface area contributed by atoms with Crippen molar-refractivity contribution in [2.24, 2.45) is 0 Å². The average Bonchev–Trinajstić information content (AvgIpc) is 2.75. The molecule has 0 saturated carbocycles. The lowest BCUT2D eigenvalue weighted by Crippen LogP contribution is -2.63. The van der Waals surface area contributed by atoms with Crippen LogP contribution in [0.3, 0.4) is 0 Å². The monoisotopic (exact) mass is 606 g/mol. The highest BCUT2D eigenvalue weighted by atomic mass is 32.2. The van der Waals surface area contributed by atoms with E-state index in [1.54, 1.807) is 20.8 Å². The molecule has 1 rings (SSSR count). The van der Waals surface area contributed by atoms with E-state index in [-0.39, 0.29) is 0 Å². The van der Waals surface area contributed by atoms with Crippen molar-refractivity contribution in [1.82, 2.24) is 0 Å². The predicted molar refractivity (Wildman–Crippen MR) is 140 cm³/mol. The minimum absolute atomic E-state index is 0.580. The fraction of sp³-hybridized carbons (Fsp3) is 0.692. The Balaban J connectivity index is 3.80. The van der Waals surface area contributed by atoms with Gasteiger partial charge < -0.3 is 33.2 Å². The van der Waals surface area contributed by atoms with Crippen molar-refractivity contribution < 1.29 is 66.1 Å². The maximum atomic E-state index is 14.0. The van der Waals surface area contributed by atoms with Gasteiger partial charge in [-0.1, -0.05) is 0 Å². The quantitative estimate of drug-likeness (QED) is 0.208. The van der Waals surface area contributed by atoms with Gasteiger partial charge in [0.1, 0.15) is 28.8 Å². The Labute approximate surface area is 240 Å². The molecule has 1 aliphatic heterocycles. The molecule has 1 aliphatic rings. The molecule has 15 heteroatoms. The molecule has 0 bridgehead atoms. The minimum Gasteiger partial charge on any atom is -0.463 e. The van der Waals surface area contributed by atoms with Crippen molar-refractivity contribution in [2.45, 2.75) is 110 Å². The third kappa shape index (κ3) is 12.4. The molecule has 0 spiro atoms.